The minimum atomic E-state index is 0. The Hall–Kier alpha value is -1.57. The molecule has 0 aliphatic carbocycles. The van der Waals surface area contributed by atoms with E-state index >= 15 is 0 Å². The average molecular weight is 483 g/mol. The molecule has 150 valence electrons. The molecule has 0 fully saturated rings. The number of aryl methyl sites for hydroxylation is 4. The SMILES string of the molecule is CN=C(NCCCn1nc(C)cc1C)NCC(C)(C)c1cccc(C)c1.I. The van der Waals surface area contributed by atoms with Crippen LogP contribution in [0.3, 0.4) is 0 Å². The molecule has 0 amide bonds. The predicted octanol–water partition coefficient (Wildman–Crippen LogP) is 3.96. The molecule has 1 aromatic carbocycles. The summed E-state index contributed by atoms with van der Waals surface area (Å²) in [5.41, 5.74) is 4.95. The third kappa shape index (κ3) is 7.16. The normalized spacial score (nSPS) is 11.9. The molecule has 6 heteroatoms. The Morgan fingerprint density at radius 3 is 2.48 bits per heavy atom. The predicted molar refractivity (Wildman–Crippen MR) is 125 cm³/mol. The van der Waals surface area contributed by atoms with E-state index in [9.17, 15) is 0 Å². The van der Waals surface area contributed by atoms with Crippen molar-refractivity contribution < 1.29 is 0 Å². The number of guanidine groups is 1. The maximum absolute atomic E-state index is 4.50. The lowest BCUT2D eigenvalue weighted by Crippen LogP contribution is -2.43. The number of nitrogens with zero attached hydrogens (tertiary/aromatic N) is 3. The highest BCUT2D eigenvalue weighted by atomic mass is 127. The zero-order valence-electron chi connectivity index (χ0n) is 17.5. The largest absolute Gasteiger partial charge is 0.356 e. The molecule has 1 aromatic heterocycles. The zero-order chi connectivity index (χ0) is 19.2. The number of nitrogens with one attached hydrogen (secondary N) is 2. The van der Waals surface area contributed by atoms with Gasteiger partial charge in [-0.1, -0.05) is 43.7 Å². The zero-order valence-corrected chi connectivity index (χ0v) is 19.8. The third-order valence-electron chi connectivity index (χ3n) is 4.66. The van der Waals surface area contributed by atoms with E-state index in [-0.39, 0.29) is 29.4 Å². The van der Waals surface area contributed by atoms with Crippen molar-refractivity contribution in [3.63, 3.8) is 0 Å². The fraction of sp³-hybridized carbons (Fsp3) is 0.524. The van der Waals surface area contributed by atoms with Gasteiger partial charge in [0.2, 0.25) is 0 Å². The molecule has 2 aromatic rings. The van der Waals surface area contributed by atoms with Crippen LogP contribution in [-0.2, 0) is 12.0 Å². The molecule has 0 bridgehead atoms. The van der Waals surface area contributed by atoms with E-state index in [0.29, 0.717) is 0 Å². The highest BCUT2D eigenvalue weighted by Gasteiger charge is 2.20. The van der Waals surface area contributed by atoms with Crippen LogP contribution in [0.25, 0.3) is 0 Å². The van der Waals surface area contributed by atoms with Crippen LogP contribution in [0.1, 0.15) is 42.8 Å². The molecule has 0 unspecified atom stereocenters. The van der Waals surface area contributed by atoms with Crippen molar-refractivity contribution in [3.05, 3.63) is 52.8 Å². The van der Waals surface area contributed by atoms with Gasteiger partial charge in [-0.2, -0.15) is 5.10 Å². The summed E-state index contributed by atoms with van der Waals surface area (Å²) in [4.78, 5) is 4.34. The Labute approximate surface area is 181 Å². The molecular formula is C21H34IN5. The second-order valence-corrected chi connectivity index (χ2v) is 7.61. The van der Waals surface area contributed by atoms with E-state index < -0.39 is 0 Å². The molecule has 1 heterocycles. The molecule has 0 saturated heterocycles. The maximum atomic E-state index is 4.50. The maximum Gasteiger partial charge on any atom is 0.191 e. The topological polar surface area (TPSA) is 54.2 Å². The number of hydrogen-bond acceptors (Lipinski definition) is 2. The number of hydrogen-bond donors (Lipinski definition) is 2. The Morgan fingerprint density at radius 2 is 1.89 bits per heavy atom. The molecule has 0 atom stereocenters. The van der Waals surface area contributed by atoms with Crippen molar-refractivity contribution in [2.75, 3.05) is 20.1 Å². The molecule has 0 aliphatic rings. The van der Waals surface area contributed by atoms with E-state index in [0.717, 1.165) is 37.7 Å². The average Bonchev–Trinajstić information content (AvgIpc) is 2.91. The first-order valence-electron chi connectivity index (χ1n) is 9.34. The van der Waals surface area contributed by atoms with Gasteiger partial charge in [0.05, 0.1) is 5.69 Å². The van der Waals surface area contributed by atoms with Crippen LogP contribution in [-0.4, -0.2) is 35.9 Å². The number of rotatable bonds is 7. The summed E-state index contributed by atoms with van der Waals surface area (Å²) in [6.07, 6.45) is 1.00. The monoisotopic (exact) mass is 483 g/mol. The van der Waals surface area contributed by atoms with E-state index in [4.69, 9.17) is 0 Å². The Morgan fingerprint density at radius 1 is 1.15 bits per heavy atom. The van der Waals surface area contributed by atoms with Crippen LogP contribution in [0.2, 0.25) is 0 Å². The second-order valence-electron chi connectivity index (χ2n) is 7.61. The van der Waals surface area contributed by atoms with Crippen molar-refractivity contribution in [3.8, 4) is 0 Å². The minimum absolute atomic E-state index is 0. The first-order valence-corrected chi connectivity index (χ1v) is 9.34. The molecule has 2 rings (SSSR count). The Balaban J connectivity index is 0.00000364. The number of benzene rings is 1. The van der Waals surface area contributed by atoms with Gasteiger partial charge in [0.1, 0.15) is 0 Å². The lowest BCUT2D eigenvalue weighted by atomic mass is 9.84. The highest BCUT2D eigenvalue weighted by molar-refractivity contribution is 14.0. The molecule has 5 nitrogen and oxygen atoms in total. The van der Waals surface area contributed by atoms with Crippen molar-refractivity contribution in [1.82, 2.24) is 20.4 Å². The van der Waals surface area contributed by atoms with Crippen LogP contribution in [0.4, 0.5) is 0 Å². The van der Waals surface area contributed by atoms with Gasteiger partial charge in [-0.3, -0.25) is 9.67 Å². The highest BCUT2D eigenvalue weighted by Crippen LogP contribution is 2.22. The summed E-state index contributed by atoms with van der Waals surface area (Å²) in [6, 6.07) is 10.8. The third-order valence-corrected chi connectivity index (χ3v) is 4.66. The van der Waals surface area contributed by atoms with Crippen molar-refractivity contribution in [2.45, 2.75) is 53.0 Å². The standard InChI is InChI=1S/C21H33N5.HI/c1-16-9-7-10-19(13-16)21(4,5)15-24-20(22-6)23-11-8-12-26-18(3)14-17(2)25-26;/h7,9-10,13-14H,8,11-12,15H2,1-6H3,(H2,22,23,24);1H. The van der Waals surface area contributed by atoms with Gasteiger partial charge >= 0.3 is 0 Å². The first-order chi connectivity index (χ1) is 12.3. The van der Waals surface area contributed by atoms with Gasteiger partial charge < -0.3 is 10.6 Å². The molecule has 0 aliphatic heterocycles. The van der Waals surface area contributed by atoms with Crippen LogP contribution in [0.15, 0.2) is 35.3 Å². The molecule has 0 spiro atoms. The van der Waals surface area contributed by atoms with Crippen LogP contribution in [0.5, 0.6) is 0 Å². The molecule has 0 radical (unpaired) electrons. The van der Waals surface area contributed by atoms with Crippen LogP contribution in [0, 0.1) is 20.8 Å². The van der Waals surface area contributed by atoms with Gasteiger partial charge in [0.15, 0.2) is 5.96 Å². The Bertz CT molecular complexity index is 749. The van der Waals surface area contributed by atoms with Gasteiger partial charge in [-0.05, 0) is 38.8 Å². The number of aliphatic imine (C=N–C) groups is 1. The summed E-state index contributed by atoms with van der Waals surface area (Å²) in [5.74, 6) is 0.846. The summed E-state index contributed by atoms with van der Waals surface area (Å²) < 4.78 is 2.06. The van der Waals surface area contributed by atoms with Crippen molar-refractivity contribution in [1.29, 1.82) is 0 Å². The first kappa shape index (κ1) is 23.5. The summed E-state index contributed by atoms with van der Waals surface area (Å²) in [5, 5.41) is 11.4. The minimum Gasteiger partial charge on any atom is -0.356 e. The molecule has 27 heavy (non-hydrogen) atoms. The van der Waals surface area contributed by atoms with E-state index in [1.54, 1.807) is 0 Å². The molecular weight excluding hydrogens is 449 g/mol. The van der Waals surface area contributed by atoms with Gasteiger partial charge in [0, 0.05) is 37.8 Å². The van der Waals surface area contributed by atoms with E-state index in [2.05, 4.69) is 83.4 Å². The fourth-order valence-electron chi connectivity index (χ4n) is 3.03. The van der Waals surface area contributed by atoms with E-state index in [1.165, 1.54) is 16.8 Å². The lowest BCUT2D eigenvalue weighted by Gasteiger charge is -2.27. The van der Waals surface area contributed by atoms with Crippen molar-refractivity contribution in [2.24, 2.45) is 4.99 Å². The summed E-state index contributed by atoms with van der Waals surface area (Å²) in [7, 11) is 1.82. The molecule has 2 N–H and O–H groups in total. The molecule has 0 saturated carbocycles. The smallest absolute Gasteiger partial charge is 0.191 e. The van der Waals surface area contributed by atoms with E-state index in [1.807, 2.05) is 14.0 Å². The van der Waals surface area contributed by atoms with Crippen LogP contribution < -0.4 is 10.6 Å². The summed E-state index contributed by atoms with van der Waals surface area (Å²) >= 11 is 0. The van der Waals surface area contributed by atoms with Gasteiger partial charge in [-0.15, -0.1) is 24.0 Å². The number of halogens is 1. The fourth-order valence-corrected chi connectivity index (χ4v) is 3.03. The van der Waals surface area contributed by atoms with Crippen LogP contribution >= 0.6 is 24.0 Å². The lowest BCUT2D eigenvalue weighted by molar-refractivity contribution is 0.505. The van der Waals surface area contributed by atoms with Crippen molar-refractivity contribution >= 4 is 29.9 Å². The van der Waals surface area contributed by atoms with Gasteiger partial charge in [-0.25, -0.2) is 0 Å². The Kier molecular flexibility index (Phi) is 9.29. The quantitative estimate of drug-likeness (QED) is 0.271. The van der Waals surface area contributed by atoms with Gasteiger partial charge in [0.25, 0.3) is 0 Å². The second kappa shape index (κ2) is 10.7. The number of aromatic nitrogens is 2. The summed E-state index contributed by atoms with van der Waals surface area (Å²) in [6.45, 7) is 13.4.